The molecule has 126 valence electrons. The van der Waals surface area contributed by atoms with Gasteiger partial charge >= 0.3 is 0 Å². The number of nitrogens with zero attached hydrogens (tertiary/aromatic N) is 1. The van der Waals surface area contributed by atoms with E-state index >= 15 is 0 Å². The Morgan fingerprint density at radius 2 is 1.72 bits per heavy atom. The van der Waals surface area contributed by atoms with Crippen LogP contribution in [0.5, 0.6) is 5.75 Å². The van der Waals surface area contributed by atoms with Crippen LogP contribution in [0.1, 0.15) is 29.2 Å². The smallest absolute Gasteiger partial charge is 0.254 e. The minimum absolute atomic E-state index is 0.224. The highest BCUT2D eigenvalue weighted by Crippen LogP contribution is 2.42. The predicted octanol–water partition coefficient (Wildman–Crippen LogP) is 3.22. The Morgan fingerprint density at radius 3 is 2.48 bits per heavy atom. The van der Waals surface area contributed by atoms with Crippen molar-refractivity contribution in [3.63, 3.8) is 0 Å². The molecule has 2 aliphatic rings. The van der Waals surface area contributed by atoms with Gasteiger partial charge in [-0.3, -0.25) is 14.5 Å². The number of imide groups is 1. The highest BCUT2D eigenvalue weighted by atomic mass is 16.5. The van der Waals surface area contributed by atoms with E-state index < -0.39 is 0 Å². The molecule has 2 amide bonds. The number of carbonyl (C=O) groups is 2. The third-order valence-corrected chi connectivity index (χ3v) is 4.82. The van der Waals surface area contributed by atoms with Crippen LogP contribution in [0.25, 0.3) is 0 Å². The van der Waals surface area contributed by atoms with Crippen LogP contribution < -0.4 is 4.74 Å². The van der Waals surface area contributed by atoms with Gasteiger partial charge in [0, 0.05) is 24.1 Å². The van der Waals surface area contributed by atoms with Gasteiger partial charge in [-0.2, -0.15) is 0 Å². The summed E-state index contributed by atoms with van der Waals surface area (Å²) in [6.07, 6.45) is 5.12. The van der Waals surface area contributed by atoms with Crippen molar-refractivity contribution in [2.75, 3.05) is 6.61 Å². The molecule has 1 heterocycles. The molecule has 4 heteroatoms. The van der Waals surface area contributed by atoms with Gasteiger partial charge in [0.1, 0.15) is 5.75 Å². The lowest BCUT2D eigenvalue weighted by Gasteiger charge is -2.24. The van der Waals surface area contributed by atoms with Gasteiger partial charge in [-0.1, -0.05) is 42.5 Å². The van der Waals surface area contributed by atoms with Gasteiger partial charge in [0.2, 0.25) is 0 Å². The molecule has 2 aromatic carbocycles. The summed E-state index contributed by atoms with van der Waals surface area (Å²) in [5.41, 5.74) is 3.37. The number of carbonyl (C=O) groups excluding carboxylic acids is 2. The third kappa shape index (κ3) is 2.95. The third-order valence-electron chi connectivity index (χ3n) is 4.82. The maximum atomic E-state index is 12.1. The van der Waals surface area contributed by atoms with Crippen molar-refractivity contribution < 1.29 is 14.3 Å². The average Bonchev–Trinajstić information content (AvgIpc) is 3.19. The maximum Gasteiger partial charge on any atom is 0.254 e. The van der Waals surface area contributed by atoms with E-state index in [9.17, 15) is 9.59 Å². The summed E-state index contributed by atoms with van der Waals surface area (Å²) in [5, 5.41) is 0. The van der Waals surface area contributed by atoms with Crippen LogP contribution in [0.3, 0.4) is 0 Å². The van der Waals surface area contributed by atoms with Crippen LogP contribution in [0, 0.1) is 0 Å². The number of ether oxygens (including phenoxy) is 1. The molecular weight excluding hydrogens is 314 g/mol. The van der Waals surface area contributed by atoms with Crippen LogP contribution in [-0.4, -0.2) is 23.3 Å². The fraction of sp³-hybridized carbons (Fsp3) is 0.238. The van der Waals surface area contributed by atoms with Gasteiger partial charge in [-0.15, -0.1) is 0 Å². The van der Waals surface area contributed by atoms with E-state index in [1.165, 1.54) is 22.6 Å². The maximum absolute atomic E-state index is 12.1. The second-order valence-electron chi connectivity index (χ2n) is 6.35. The van der Waals surface area contributed by atoms with E-state index in [1.807, 2.05) is 30.3 Å². The van der Waals surface area contributed by atoms with Gasteiger partial charge in [0.05, 0.1) is 12.6 Å². The summed E-state index contributed by atoms with van der Waals surface area (Å²) in [7, 11) is 0. The van der Waals surface area contributed by atoms with Gasteiger partial charge in [-0.25, -0.2) is 0 Å². The molecule has 0 saturated heterocycles. The number of benzene rings is 2. The van der Waals surface area contributed by atoms with Crippen molar-refractivity contribution in [3.05, 3.63) is 77.4 Å². The van der Waals surface area contributed by atoms with Gasteiger partial charge in [0.15, 0.2) is 0 Å². The minimum Gasteiger partial charge on any atom is -0.493 e. The lowest BCUT2D eigenvalue weighted by atomic mass is 10.1. The molecule has 0 N–H and O–H groups in total. The van der Waals surface area contributed by atoms with E-state index in [4.69, 9.17) is 4.74 Å². The summed E-state index contributed by atoms with van der Waals surface area (Å²) >= 11 is 0. The molecule has 0 saturated carbocycles. The molecule has 0 fully saturated rings. The van der Waals surface area contributed by atoms with Gasteiger partial charge < -0.3 is 4.74 Å². The lowest BCUT2D eigenvalue weighted by Crippen LogP contribution is -2.33. The second-order valence-corrected chi connectivity index (χ2v) is 6.35. The first-order chi connectivity index (χ1) is 12.2. The first-order valence-electron chi connectivity index (χ1n) is 8.58. The number of amides is 2. The van der Waals surface area contributed by atoms with Gasteiger partial charge in [-0.05, 0) is 30.0 Å². The summed E-state index contributed by atoms with van der Waals surface area (Å²) < 4.78 is 6.04. The van der Waals surface area contributed by atoms with Crippen molar-refractivity contribution in [2.24, 2.45) is 0 Å². The molecule has 1 aliphatic heterocycles. The normalized spacial score (nSPS) is 18.7. The molecular formula is C21H19NO3. The van der Waals surface area contributed by atoms with Crippen LogP contribution in [0.15, 0.2) is 60.7 Å². The SMILES string of the molecule is O=C1C=CC(=O)N1[C@H]1CCc2cccc(OCCc3ccccc3)c21. The fourth-order valence-electron chi connectivity index (χ4n) is 3.65. The highest BCUT2D eigenvalue weighted by Gasteiger charge is 2.37. The first-order valence-corrected chi connectivity index (χ1v) is 8.58. The number of hydrogen-bond donors (Lipinski definition) is 0. The fourth-order valence-corrected chi connectivity index (χ4v) is 3.65. The Morgan fingerprint density at radius 1 is 0.960 bits per heavy atom. The average molecular weight is 333 g/mol. The molecule has 0 radical (unpaired) electrons. The van der Waals surface area contributed by atoms with E-state index in [0.717, 1.165) is 36.1 Å². The lowest BCUT2D eigenvalue weighted by molar-refractivity contribution is -0.139. The van der Waals surface area contributed by atoms with Crippen LogP contribution in [0.4, 0.5) is 0 Å². The monoisotopic (exact) mass is 333 g/mol. The van der Waals surface area contributed by atoms with Crippen molar-refractivity contribution in [2.45, 2.75) is 25.3 Å². The zero-order valence-corrected chi connectivity index (χ0v) is 13.9. The minimum atomic E-state index is -0.234. The Balaban J connectivity index is 1.54. The number of rotatable bonds is 5. The molecule has 4 rings (SSSR count). The summed E-state index contributed by atoms with van der Waals surface area (Å²) in [4.78, 5) is 25.5. The molecule has 0 spiro atoms. The molecule has 0 aromatic heterocycles. The summed E-state index contributed by atoms with van der Waals surface area (Å²) in [6, 6.07) is 15.9. The Hall–Kier alpha value is -2.88. The predicted molar refractivity (Wildman–Crippen MR) is 94.1 cm³/mol. The van der Waals surface area contributed by atoms with E-state index in [1.54, 1.807) is 0 Å². The number of aryl methyl sites for hydroxylation is 1. The number of fused-ring (bicyclic) bond motifs is 1. The zero-order valence-electron chi connectivity index (χ0n) is 13.9. The molecule has 1 aliphatic carbocycles. The van der Waals surface area contributed by atoms with Crippen LogP contribution in [-0.2, 0) is 22.4 Å². The van der Waals surface area contributed by atoms with Crippen LogP contribution >= 0.6 is 0 Å². The zero-order chi connectivity index (χ0) is 17.2. The van der Waals surface area contributed by atoms with Crippen LogP contribution in [0.2, 0.25) is 0 Å². The van der Waals surface area contributed by atoms with Gasteiger partial charge in [0.25, 0.3) is 11.8 Å². The van der Waals surface area contributed by atoms with E-state index in [0.29, 0.717) is 6.61 Å². The van der Waals surface area contributed by atoms with Crippen molar-refractivity contribution in [3.8, 4) is 5.75 Å². The van der Waals surface area contributed by atoms with Crippen molar-refractivity contribution in [1.29, 1.82) is 0 Å². The molecule has 25 heavy (non-hydrogen) atoms. The van der Waals surface area contributed by atoms with Crippen molar-refractivity contribution >= 4 is 11.8 Å². The number of hydrogen-bond acceptors (Lipinski definition) is 3. The molecule has 4 nitrogen and oxygen atoms in total. The highest BCUT2D eigenvalue weighted by molar-refractivity contribution is 6.13. The summed E-state index contributed by atoms with van der Waals surface area (Å²) in [5.74, 6) is 0.312. The van der Waals surface area contributed by atoms with E-state index in [2.05, 4.69) is 18.2 Å². The Kier molecular flexibility index (Phi) is 4.10. The molecule has 0 unspecified atom stereocenters. The molecule has 1 atom stereocenters. The quantitative estimate of drug-likeness (QED) is 0.789. The first kappa shape index (κ1) is 15.6. The standard InChI is InChI=1S/C21H19NO3/c23-19-11-12-20(24)22(19)17-10-9-16-7-4-8-18(21(16)17)25-14-13-15-5-2-1-3-6-15/h1-8,11-12,17H,9-10,13-14H2/t17-/m0/s1. The van der Waals surface area contributed by atoms with E-state index in [-0.39, 0.29) is 17.9 Å². The Labute approximate surface area is 146 Å². The van der Waals surface area contributed by atoms with Crippen molar-refractivity contribution in [1.82, 2.24) is 4.90 Å². The Bertz CT molecular complexity index is 823. The molecule has 0 bridgehead atoms. The second kappa shape index (κ2) is 6.55. The molecule has 2 aromatic rings. The largest absolute Gasteiger partial charge is 0.493 e. The topological polar surface area (TPSA) is 46.6 Å². The summed E-state index contributed by atoms with van der Waals surface area (Å²) in [6.45, 7) is 0.563.